The molecule has 0 bridgehead atoms. The van der Waals surface area contributed by atoms with Gasteiger partial charge in [0.1, 0.15) is 5.60 Å². The molecule has 1 heterocycles. The molecule has 0 saturated heterocycles. The monoisotopic (exact) mass is 502 g/mol. The molecule has 1 atom stereocenters. The molecule has 0 aliphatic rings. The maximum absolute atomic E-state index is 10.6. The average Bonchev–Trinajstić information content (AvgIpc) is 3.14. The molecule has 1 aromatic heterocycles. The number of hydrogen-bond donors (Lipinski definition) is 3. The smallest absolute Gasteiger partial charge is 0.191 e. The lowest BCUT2D eigenvalue weighted by Crippen LogP contribution is -2.44. The van der Waals surface area contributed by atoms with E-state index in [1.54, 1.807) is 11.3 Å². The van der Waals surface area contributed by atoms with Crippen molar-refractivity contribution < 1.29 is 5.11 Å². The Morgan fingerprint density at radius 3 is 2.37 bits per heavy atom. The van der Waals surface area contributed by atoms with E-state index in [0.29, 0.717) is 19.0 Å². The van der Waals surface area contributed by atoms with Crippen molar-refractivity contribution in [3.05, 3.63) is 57.8 Å². The summed E-state index contributed by atoms with van der Waals surface area (Å²) in [4.78, 5) is 7.73. The van der Waals surface area contributed by atoms with Gasteiger partial charge in [-0.05, 0) is 50.5 Å². The summed E-state index contributed by atoms with van der Waals surface area (Å²) in [5.41, 5.74) is 1.53. The van der Waals surface area contributed by atoms with E-state index in [1.165, 1.54) is 5.56 Å². The van der Waals surface area contributed by atoms with E-state index < -0.39 is 5.60 Å². The normalized spacial score (nSPS) is 13.8. The summed E-state index contributed by atoms with van der Waals surface area (Å²) < 4.78 is 0. The molecule has 0 aliphatic carbocycles. The molecule has 5 nitrogen and oxygen atoms in total. The van der Waals surface area contributed by atoms with E-state index in [9.17, 15) is 5.11 Å². The third kappa shape index (κ3) is 8.16. The number of nitrogens with one attached hydrogen (secondary N) is 2. The number of aliphatic hydroxyl groups is 1. The zero-order chi connectivity index (χ0) is 19.0. The first-order valence-corrected chi connectivity index (χ1v) is 9.80. The van der Waals surface area contributed by atoms with Crippen LogP contribution in [0.3, 0.4) is 0 Å². The summed E-state index contributed by atoms with van der Waals surface area (Å²) in [7, 11) is 4.13. The van der Waals surface area contributed by atoms with E-state index in [0.717, 1.165) is 23.5 Å². The fraction of sp³-hybridized carbons (Fsp3) is 0.450. The molecule has 0 fully saturated rings. The zero-order valence-electron chi connectivity index (χ0n) is 16.5. The van der Waals surface area contributed by atoms with E-state index in [2.05, 4.69) is 58.9 Å². The Bertz CT molecular complexity index is 685. The molecule has 1 aromatic carbocycles. The lowest BCUT2D eigenvalue weighted by molar-refractivity contribution is 0.0655. The Balaban J connectivity index is 0.00000364. The maximum atomic E-state index is 10.6. The lowest BCUT2D eigenvalue weighted by atomic mass is 10.1. The Labute approximate surface area is 183 Å². The van der Waals surface area contributed by atoms with Crippen LogP contribution in [-0.2, 0) is 18.7 Å². The van der Waals surface area contributed by atoms with Crippen molar-refractivity contribution in [2.75, 3.05) is 27.2 Å². The van der Waals surface area contributed by atoms with Gasteiger partial charge in [0.15, 0.2) is 5.96 Å². The van der Waals surface area contributed by atoms with Gasteiger partial charge in [-0.2, -0.15) is 0 Å². The van der Waals surface area contributed by atoms with Crippen LogP contribution in [0.5, 0.6) is 0 Å². The number of thiophene rings is 1. The van der Waals surface area contributed by atoms with Crippen LogP contribution in [0.15, 0.2) is 46.8 Å². The van der Waals surface area contributed by atoms with Gasteiger partial charge in [0, 0.05) is 18.0 Å². The van der Waals surface area contributed by atoms with Gasteiger partial charge in [-0.1, -0.05) is 30.3 Å². The fourth-order valence-corrected chi connectivity index (χ4v) is 3.34. The molecule has 27 heavy (non-hydrogen) atoms. The minimum absolute atomic E-state index is 0. The predicted molar refractivity (Wildman–Crippen MR) is 126 cm³/mol. The highest BCUT2D eigenvalue weighted by Gasteiger charge is 2.24. The molecule has 1 unspecified atom stereocenters. The Morgan fingerprint density at radius 2 is 1.81 bits per heavy atom. The van der Waals surface area contributed by atoms with Gasteiger partial charge in [0.2, 0.25) is 0 Å². The third-order valence-corrected chi connectivity index (χ3v) is 5.06. The van der Waals surface area contributed by atoms with Crippen molar-refractivity contribution in [2.24, 2.45) is 4.99 Å². The summed E-state index contributed by atoms with van der Waals surface area (Å²) >= 11 is 1.56. The highest BCUT2D eigenvalue weighted by Crippen LogP contribution is 2.24. The van der Waals surface area contributed by atoms with Crippen LogP contribution in [0, 0.1) is 0 Å². The minimum Gasteiger partial charge on any atom is -0.383 e. The van der Waals surface area contributed by atoms with E-state index in [1.807, 2.05) is 31.4 Å². The molecular formula is C20H31IN4OS. The SMILES string of the molecule is CCNC(=NCc1ccc(CN(C)C)cc1)NCC(C)(O)c1cccs1.I. The Hall–Kier alpha value is -1.16. The third-order valence-electron chi connectivity index (χ3n) is 3.94. The molecular weight excluding hydrogens is 471 g/mol. The topological polar surface area (TPSA) is 59.9 Å². The molecule has 0 amide bonds. The van der Waals surface area contributed by atoms with Crippen LogP contribution < -0.4 is 10.6 Å². The van der Waals surface area contributed by atoms with Gasteiger partial charge in [-0.3, -0.25) is 0 Å². The number of guanidine groups is 1. The largest absolute Gasteiger partial charge is 0.383 e. The minimum atomic E-state index is -0.918. The first-order chi connectivity index (χ1) is 12.4. The number of benzene rings is 1. The standard InChI is InChI=1S/C20H30N4OS.HI/c1-5-21-19(23-15-20(2,25)18-7-6-12-26-18)22-13-16-8-10-17(11-9-16)14-24(3)4;/h6-12,25H,5,13-15H2,1-4H3,(H2,21,22,23);1H. The van der Waals surface area contributed by atoms with Crippen LogP contribution >= 0.6 is 35.3 Å². The van der Waals surface area contributed by atoms with Gasteiger partial charge in [-0.15, -0.1) is 35.3 Å². The molecule has 2 rings (SSSR count). The van der Waals surface area contributed by atoms with E-state index >= 15 is 0 Å². The van der Waals surface area contributed by atoms with E-state index in [-0.39, 0.29) is 24.0 Å². The molecule has 0 radical (unpaired) electrons. The average molecular weight is 502 g/mol. The van der Waals surface area contributed by atoms with Crippen molar-refractivity contribution >= 4 is 41.3 Å². The van der Waals surface area contributed by atoms with Crippen LogP contribution in [-0.4, -0.2) is 43.2 Å². The van der Waals surface area contributed by atoms with Gasteiger partial charge in [0.25, 0.3) is 0 Å². The first kappa shape index (κ1) is 23.9. The lowest BCUT2D eigenvalue weighted by Gasteiger charge is -2.23. The summed E-state index contributed by atoms with van der Waals surface area (Å²) in [5, 5.41) is 19.1. The quantitative estimate of drug-likeness (QED) is 0.294. The van der Waals surface area contributed by atoms with Crippen LogP contribution in [0.1, 0.15) is 29.9 Å². The Morgan fingerprint density at radius 1 is 1.15 bits per heavy atom. The maximum Gasteiger partial charge on any atom is 0.191 e. The second-order valence-electron chi connectivity index (χ2n) is 6.85. The van der Waals surface area contributed by atoms with Crippen molar-refractivity contribution in [1.82, 2.24) is 15.5 Å². The highest BCUT2D eigenvalue weighted by molar-refractivity contribution is 14.0. The number of nitrogens with zero attached hydrogens (tertiary/aromatic N) is 2. The molecule has 0 spiro atoms. The number of halogens is 1. The van der Waals surface area contributed by atoms with Crippen molar-refractivity contribution in [1.29, 1.82) is 0 Å². The van der Waals surface area contributed by atoms with Crippen molar-refractivity contribution in [3.63, 3.8) is 0 Å². The van der Waals surface area contributed by atoms with E-state index in [4.69, 9.17) is 0 Å². The molecule has 7 heteroatoms. The number of aliphatic imine (C=N–C) groups is 1. The number of hydrogen-bond acceptors (Lipinski definition) is 4. The van der Waals surface area contributed by atoms with Crippen molar-refractivity contribution in [3.8, 4) is 0 Å². The summed E-state index contributed by atoms with van der Waals surface area (Å²) in [6.07, 6.45) is 0. The molecule has 0 aliphatic heterocycles. The number of rotatable bonds is 8. The summed E-state index contributed by atoms with van der Waals surface area (Å²) in [6, 6.07) is 12.4. The van der Waals surface area contributed by atoms with Crippen molar-refractivity contribution in [2.45, 2.75) is 32.5 Å². The van der Waals surface area contributed by atoms with Gasteiger partial charge < -0.3 is 20.6 Å². The summed E-state index contributed by atoms with van der Waals surface area (Å²) in [6.45, 7) is 6.56. The van der Waals surface area contributed by atoms with Gasteiger partial charge >= 0.3 is 0 Å². The van der Waals surface area contributed by atoms with Gasteiger partial charge in [-0.25, -0.2) is 4.99 Å². The first-order valence-electron chi connectivity index (χ1n) is 8.92. The Kier molecular flexibility index (Phi) is 10.3. The van der Waals surface area contributed by atoms with Crippen LogP contribution in [0.25, 0.3) is 0 Å². The highest BCUT2D eigenvalue weighted by atomic mass is 127. The summed E-state index contributed by atoms with van der Waals surface area (Å²) in [5.74, 6) is 0.710. The predicted octanol–water partition coefficient (Wildman–Crippen LogP) is 3.39. The molecule has 0 saturated carbocycles. The second kappa shape index (κ2) is 11.6. The van der Waals surface area contributed by atoms with Gasteiger partial charge in [0.05, 0.1) is 13.1 Å². The molecule has 3 N–H and O–H groups in total. The van der Waals surface area contributed by atoms with Crippen LogP contribution in [0.4, 0.5) is 0 Å². The molecule has 150 valence electrons. The second-order valence-corrected chi connectivity index (χ2v) is 7.80. The molecule has 2 aromatic rings. The fourth-order valence-electron chi connectivity index (χ4n) is 2.56. The van der Waals surface area contributed by atoms with Crippen LogP contribution in [0.2, 0.25) is 0 Å². The zero-order valence-corrected chi connectivity index (χ0v) is 19.7.